The Kier molecular flexibility index (Phi) is 4.74. The van der Waals surface area contributed by atoms with Gasteiger partial charge in [0.05, 0.1) is 28.0 Å². The highest BCUT2D eigenvalue weighted by molar-refractivity contribution is 8.25. The van der Waals surface area contributed by atoms with Gasteiger partial charge in [-0.1, -0.05) is 29.3 Å². The molecule has 0 aliphatic carbocycles. The fourth-order valence-corrected chi connectivity index (χ4v) is 5.74. The first kappa shape index (κ1) is 15.8. The van der Waals surface area contributed by atoms with Gasteiger partial charge in [-0.15, -0.1) is 23.5 Å². The average molecular weight is 368 g/mol. The fourth-order valence-electron chi connectivity index (χ4n) is 2.20. The zero-order chi connectivity index (χ0) is 15.7. The summed E-state index contributed by atoms with van der Waals surface area (Å²) in [6.45, 7) is 0. The van der Waals surface area contributed by atoms with Crippen molar-refractivity contribution in [1.29, 1.82) is 5.26 Å². The number of aromatic nitrogens is 2. The first-order valence-electron chi connectivity index (χ1n) is 6.45. The molecule has 1 aromatic heterocycles. The Labute approximate surface area is 147 Å². The molecule has 0 saturated carbocycles. The number of nitriles is 1. The van der Waals surface area contributed by atoms with Crippen molar-refractivity contribution >= 4 is 52.3 Å². The summed E-state index contributed by atoms with van der Waals surface area (Å²) in [6.07, 6.45) is 3.42. The molecule has 1 aliphatic rings. The molecule has 0 amide bonds. The molecule has 3 nitrogen and oxygen atoms in total. The van der Waals surface area contributed by atoms with Crippen LogP contribution in [-0.4, -0.2) is 15.3 Å². The molecule has 0 spiro atoms. The SMILES string of the molecule is Cn1cncc1C(C#N)=C1SCC(c2ccc(Cl)cc2Cl)S1. The summed E-state index contributed by atoms with van der Waals surface area (Å²) < 4.78 is 2.87. The van der Waals surface area contributed by atoms with Gasteiger partial charge in [0.15, 0.2) is 0 Å². The summed E-state index contributed by atoms with van der Waals surface area (Å²) in [5.74, 6) is 0.879. The number of nitrogens with zero attached hydrogens (tertiary/aromatic N) is 3. The second kappa shape index (κ2) is 6.59. The second-order valence-electron chi connectivity index (χ2n) is 4.75. The molecule has 112 valence electrons. The molecule has 22 heavy (non-hydrogen) atoms. The third kappa shape index (κ3) is 3.02. The molecule has 2 aromatic rings. The van der Waals surface area contributed by atoms with E-state index >= 15 is 0 Å². The number of halogens is 2. The molecule has 7 heteroatoms. The summed E-state index contributed by atoms with van der Waals surface area (Å²) in [5.41, 5.74) is 2.56. The molecular weight excluding hydrogens is 357 g/mol. The lowest BCUT2D eigenvalue weighted by Crippen LogP contribution is -1.94. The average Bonchev–Trinajstić information content (AvgIpc) is 3.11. The van der Waals surface area contributed by atoms with Crippen LogP contribution in [0.25, 0.3) is 5.57 Å². The molecule has 1 unspecified atom stereocenters. The van der Waals surface area contributed by atoms with Crippen LogP contribution in [0.4, 0.5) is 0 Å². The summed E-state index contributed by atoms with van der Waals surface area (Å²) in [5, 5.41) is 11.0. The van der Waals surface area contributed by atoms with Crippen LogP contribution in [0.5, 0.6) is 0 Å². The van der Waals surface area contributed by atoms with Crippen molar-refractivity contribution in [2.24, 2.45) is 7.05 Å². The Balaban J connectivity index is 1.92. The predicted octanol–water partition coefficient (Wildman–Crippen LogP) is 5.14. The molecule has 1 saturated heterocycles. The Hall–Kier alpha value is -1.06. The van der Waals surface area contributed by atoms with E-state index in [1.165, 1.54) is 0 Å². The van der Waals surface area contributed by atoms with Crippen molar-refractivity contribution in [1.82, 2.24) is 9.55 Å². The highest BCUT2D eigenvalue weighted by Gasteiger charge is 2.28. The number of allylic oxidation sites excluding steroid dienone is 1. The maximum absolute atomic E-state index is 9.51. The standard InChI is InChI=1S/C15H11Cl2N3S2/c1-20-8-19-6-13(20)11(5-18)15-21-7-14(22-15)10-3-2-9(16)4-12(10)17/h2-4,6,8,14H,7H2,1H3. The van der Waals surface area contributed by atoms with Crippen molar-refractivity contribution in [3.63, 3.8) is 0 Å². The summed E-state index contributed by atoms with van der Waals surface area (Å²) in [6, 6.07) is 7.88. The van der Waals surface area contributed by atoms with Gasteiger partial charge < -0.3 is 4.57 Å². The summed E-state index contributed by atoms with van der Waals surface area (Å²) >= 11 is 15.6. The third-order valence-corrected chi connectivity index (χ3v) is 6.82. The predicted molar refractivity (Wildman–Crippen MR) is 95.0 cm³/mol. The van der Waals surface area contributed by atoms with Gasteiger partial charge in [-0.2, -0.15) is 5.26 Å². The number of thioether (sulfide) groups is 2. The van der Waals surface area contributed by atoms with E-state index in [-0.39, 0.29) is 5.25 Å². The van der Waals surface area contributed by atoms with E-state index in [0.29, 0.717) is 15.6 Å². The highest BCUT2D eigenvalue weighted by Crippen LogP contribution is 2.53. The summed E-state index contributed by atoms with van der Waals surface area (Å²) in [7, 11) is 1.89. The maximum Gasteiger partial charge on any atom is 0.103 e. The smallest absolute Gasteiger partial charge is 0.103 e. The highest BCUT2D eigenvalue weighted by atomic mass is 35.5. The minimum Gasteiger partial charge on any atom is -0.333 e. The monoisotopic (exact) mass is 367 g/mol. The quantitative estimate of drug-likeness (QED) is 0.689. The largest absolute Gasteiger partial charge is 0.333 e. The topological polar surface area (TPSA) is 41.6 Å². The van der Waals surface area contributed by atoms with Crippen LogP contribution in [0.2, 0.25) is 10.0 Å². The minimum atomic E-state index is 0.223. The first-order valence-corrected chi connectivity index (χ1v) is 9.07. The van der Waals surface area contributed by atoms with Crippen LogP contribution in [0, 0.1) is 11.3 Å². The zero-order valence-corrected chi connectivity index (χ0v) is 14.7. The van der Waals surface area contributed by atoms with Crippen molar-refractivity contribution in [2.45, 2.75) is 5.25 Å². The van der Waals surface area contributed by atoms with E-state index in [0.717, 1.165) is 21.2 Å². The second-order valence-corrected chi connectivity index (χ2v) is 8.09. The van der Waals surface area contributed by atoms with Gasteiger partial charge in [0.2, 0.25) is 0 Å². The third-order valence-electron chi connectivity index (χ3n) is 3.31. The number of hydrogen-bond donors (Lipinski definition) is 0. The van der Waals surface area contributed by atoms with Crippen LogP contribution >= 0.6 is 46.7 Å². The molecule has 3 rings (SSSR count). The number of imidazole rings is 1. The van der Waals surface area contributed by atoms with Crippen molar-refractivity contribution < 1.29 is 0 Å². The Morgan fingerprint density at radius 2 is 2.27 bits per heavy atom. The minimum absolute atomic E-state index is 0.223. The lowest BCUT2D eigenvalue weighted by atomic mass is 10.2. The van der Waals surface area contributed by atoms with Gasteiger partial charge in [0.25, 0.3) is 0 Å². The van der Waals surface area contributed by atoms with Crippen LogP contribution in [0.15, 0.2) is 35.0 Å². The Bertz CT molecular complexity index is 792. The lowest BCUT2D eigenvalue weighted by Gasteiger charge is -2.10. The molecule has 1 aliphatic heterocycles. The van der Waals surface area contributed by atoms with Crippen molar-refractivity contribution in [2.75, 3.05) is 5.75 Å². The number of benzene rings is 1. The first-order chi connectivity index (χ1) is 10.6. The molecule has 2 heterocycles. The summed E-state index contributed by atoms with van der Waals surface area (Å²) in [4.78, 5) is 4.09. The van der Waals surface area contributed by atoms with E-state index in [1.54, 1.807) is 42.1 Å². The van der Waals surface area contributed by atoms with E-state index < -0.39 is 0 Å². The fraction of sp³-hybridized carbons (Fsp3) is 0.200. The van der Waals surface area contributed by atoms with Crippen molar-refractivity contribution in [3.8, 4) is 6.07 Å². The molecule has 0 N–H and O–H groups in total. The van der Waals surface area contributed by atoms with Crippen LogP contribution in [0.3, 0.4) is 0 Å². The molecular formula is C15H11Cl2N3S2. The Morgan fingerprint density at radius 3 is 2.91 bits per heavy atom. The molecule has 1 fully saturated rings. The number of hydrogen-bond acceptors (Lipinski definition) is 4. The Morgan fingerprint density at radius 1 is 1.45 bits per heavy atom. The van der Waals surface area contributed by atoms with Gasteiger partial charge in [0.1, 0.15) is 6.07 Å². The van der Waals surface area contributed by atoms with Gasteiger partial charge in [-0.3, -0.25) is 0 Å². The molecule has 0 bridgehead atoms. The normalized spacial score (nSPS) is 20.0. The molecule has 1 atom stereocenters. The van der Waals surface area contributed by atoms with Gasteiger partial charge >= 0.3 is 0 Å². The van der Waals surface area contributed by atoms with E-state index in [1.807, 2.05) is 23.7 Å². The molecule has 1 aromatic carbocycles. The lowest BCUT2D eigenvalue weighted by molar-refractivity contribution is 0.899. The van der Waals surface area contributed by atoms with Gasteiger partial charge in [-0.25, -0.2) is 4.98 Å². The van der Waals surface area contributed by atoms with E-state index in [4.69, 9.17) is 23.2 Å². The number of rotatable bonds is 2. The zero-order valence-electron chi connectivity index (χ0n) is 11.6. The van der Waals surface area contributed by atoms with E-state index in [9.17, 15) is 5.26 Å². The van der Waals surface area contributed by atoms with Gasteiger partial charge in [-0.05, 0) is 17.7 Å². The number of aryl methyl sites for hydroxylation is 1. The van der Waals surface area contributed by atoms with Gasteiger partial charge in [0, 0.05) is 28.1 Å². The molecule has 0 radical (unpaired) electrons. The van der Waals surface area contributed by atoms with Crippen LogP contribution < -0.4 is 0 Å². The van der Waals surface area contributed by atoms with E-state index in [2.05, 4.69) is 11.1 Å². The van der Waals surface area contributed by atoms with Crippen molar-refractivity contribution in [3.05, 3.63) is 56.3 Å². The van der Waals surface area contributed by atoms with Crippen LogP contribution in [-0.2, 0) is 7.05 Å². The maximum atomic E-state index is 9.51. The van der Waals surface area contributed by atoms with Crippen LogP contribution in [0.1, 0.15) is 16.5 Å².